The smallest absolute Gasteiger partial charge is 0.369 e. The predicted molar refractivity (Wildman–Crippen MR) is 106 cm³/mol. The summed E-state index contributed by atoms with van der Waals surface area (Å²) in [5.74, 6) is -2.47. The van der Waals surface area contributed by atoms with Gasteiger partial charge in [-0.3, -0.25) is 14.7 Å². The van der Waals surface area contributed by atoms with Gasteiger partial charge in [0.15, 0.2) is 11.5 Å². The lowest BCUT2D eigenvalue weighted by Crippen LogP contribution is -2.41. The number of carbonyl (C=O) groups is 1. The molecule has 0 saturated heterocycles. The molecule has 32 heavy (non-hydrogen) atoms. The summed E-state index contributed by atoms with van der Waals surface area (Å²) >= 11 is 0. The van der Waals surface area contributed by atoms with E-state index in [0.717, 1.165) is 23.2 Å². The van der Waals surface area contributed by atoms with Crippen LogP contribution in [-0.2, 0) is 16.5 Å². The first-order chi connectivity index (χ1) is 15.0. The number of rotatable bonds is 3. The second-order valence-electron chi connectivity index (χ2n) is 7.17. The maximum Gasteiger partial charge on any atom is 0.433 e. The first kappa shape index (κ1) is 21.4. The summed E-state index contributed by atoms with van der Waals surface area (Å²) in [6, 6.07) is 10.9. The van der Waals surface area contributed by atoms with Crippen LogP contribution in [0.25, 0.3) is 11.1 Å². The fourth-order valence-electron chi connectivity index (χ4n) is 3.60. The monoisotopic (exact) mass is 446 g/mol. The van der Waals surface area contributed by atoms with Gasteiger partial charge in [-0.1, -0.05) is 18.2 Å². The van der Waals surface area contributed by atoms with E-state index in [1.54, 1.807) is 0 Å². The second kappa shape index (κ2) is 7.40. The highest BCUT2D eigenvalue weighted by molar-refractivity contribution is 6.09. The van der Waals surface area contributed by atoms with Crippen molar-refractivity contribution in [3.8, 4) is 11.1 Å². The SMILES string of the molecule is CN1C(=O)C(c2ccnc(C(F)(F)F)c2)(c2cc(-c3ccc(F)cc3)ccc2F)N=C1N. The summed E-state index contributed by atoms with van der Waals surface area (Å²) in [5, 5.41) is 0. The Kier molecular flexibility index (Phi) is 4.95. The normalized spacial score (nSPS) is 18.8. The molecule has 1 aromatic heterocycles. The predicted octanol–water partition coefficient (Wildman–Crippen LogP) is 4.08. The summed E-state index contributed by atoms with van der Waals surface area (Å²) in [6.45, 7) is 0. The molecule has 1 unspecified atom stereocenters. The Morgan fingerprint density at radius 2 is 1.62 bits per heavy atom. The minimum atomic E-state index is -4.80. The zero-order valence-corrected chi connectivity index (χ0v) is 16.5. The molecule has 2 aromatic carbocycles. The number of alkyl halides is 3. The van der Waals surface area contributed by atoms with Crippen LogP contribution in [0.2, 0.25) is 0 Å². The van der Waals surface area contributed by atoms with Gasteiger partial charge in [0.05, 0.1) is 0 Å². The molecule has 1 amide bonds. The van der Waals surface area contributed by atoms with Crippen molar-refractivity contribution in [2.45, 2.75) is 11.7 Å². The number of amides is 1. The third-order valence-electron chi connectivity index (χ3n) is 5.24. The number of hydrogen-bond donors (Lipinski definition) is 1. The zero-order chi connectivity index (χ0) is 23.3. The van der Waals surface area contributed by atoms with Crippen molar-refractivity contribution in [2.24, 2.45) is 10.7 Å². The number of hydrogen-bond acceptors (Lipinski definition) is 4. The van der Waals surface area contributed by atoms with E-state index in [4.69, 9.17) is 5.73 Å². The molecule has 4 rings (SSSR count). The Labute approximate surface area is 179 Å². The summed E-state index contributed by atoms with van der Waals surface area (Å²) in [6.07, 6.45) is -3.92. The van der Waals surface area contributed by atoms with E-state index in [0.29, 0.717) is 17.2 Å². The van der Waals surface area contributed by atoms with Gasteiger partial charge < -0.3 is 5.73 Å². The highest BCUT2D eigenvalue weighted by Crippen LogP contribution is 2.43. The van der Waals surface area contributed by atoms with Crippen molar-refractivity contribution in [3.63, 3.8) is 0 Å². The van der Waals surface area contributed by atoms with Crippen LogP contribution in [0, 0.1) is 11.6 Å². The van der Waals surface area contributed by atoms with Gasteiger partial charge in [-0.15, -0.1) is 0 Å². The molecule has 3 aromatic rings. The number of nitrogens with two attached hydrogens (primary N) is 1. The van der Waals surface area contributed by atoms with Crippen molar-refractivity contribution < 1.29 is 26.7 Å². The third-order valence-corrected chi connectivity index (χ3v) is 5.24. The topological polar surface area (TPSA) is 71.6 Å². The molecule has 2 heterocycles. The van der Waals surface area contributed by atoms with E-state index in [1.807, 2.05) is 0 Å². The van der Waals surface area contributed by atoms with E-state index < -0.39 is 35.0 Å². The summed E-state index contributed by atoms with van der Waals surface area (Å²) in [4.78, 5) is 21.6. The minimum Gasteiger partial charge on any atom is -0.369 e. The largest absolute Gasteiger partial charge is 0.433 e. The maximum absolute atomic E-state index is 15.1. The maximum atomic E-state index is 15.1. The standard InChI is InChI=1S/C22H15F5N4O/c1-31-19(32)21(30-20(31)28,14-8-9-29-18(11-14)22(25,26)27)16-10-13(4-7-17(16)24)12-2-5-15(23)6-3-12/h2-11H,1H3,(H2,28,30). The molecule has 10 heteroatoms. The fourth-order valence-corrected chi connectivity index (χ4v) is 3.60. The third kappa shape index (κ3) is 3.37. The number of benzene rings is 2. The summed E-state index contributed by atoms with van der Waals surface area (Å²) in [5.41, 5.74) is 2.73. The number of halogens is 5. The number of aliphatic imine (C=N–C) groups is 1. The Bertz CT molecular complexity index is 1240. The van der Waals surface area contributed by atoms with Crippen molar-refractivity contribution in [1.29, 1.82) is 0 Å². The first-order valence-corrected chi connectivity index (χ1v) is 9.27. The molecule has 0 spiro atoms. The first-order valence-electron chi connectivity index (χ1n) is 9.27. The van der Waals surface area contributed by atoms with Crippen LogP contribution in [0.1, 0.15) is 16.8 Å². The van der Waals surface area contributed by atoms with Crippen LogP contribution in [0.4, 0.5) is 22.0 Å². The zero-order valence-electron chi connectivity index (χ0n) is 16.5. The van der Waals surface area contributed by atoms with Crippen LogP contribution in [-0.4, -0.2) is 28.8 Å². The lowest BCUT2D eigenvalue weighted by atomic mass is 9.81. The minimum absolute atomic E-state index is 0.243. The number of carbonyl (C=O) groups excluding carboxylic acids is 1. The Balaban J connectivity index is 1.99. The quantitative estimate of drug-likeness (QED) is 0.617. The van der Waals surface area contributed by atoms with Gasteiger partial charge in [-0.05, 0) is 53.1 Å². The van der Waals surface area contributed by atoms with Gasteiger partial charge in [0, 0.05) is 18.8 Å². The molecule has 0 saturated carbocycles. The van der Waals surface area contributed by atoms with Crippen LogP contribution >= 0.6 is 0 Å². The van der Waals surface area contributed by atoms with E-state index >= 15 is 4.39 Å². The molecule has 0 fully saturated rings. The van der Waals surface area contributed by atoms with Gasteiger partial charge in [-0.25, -0.2) is 13.8 Å². The lowest BCUT2D eigenvalue weighted by Gasteiger charge is -2.27. The Morgan fingerprint density at radius 3 is 2.22 bits per heavy atom. The van der Waals surface area contributed by atoms with E-state index in [2.05, 4.69) is 9.98 Å². The van der Waals surface area contributed by atoms with Crippen molar-refractivity contribution >= 4 is 11.9 Å². The summed E-state index contributed by atoms with van der Waals surface area (Å²) in [7, 11) is 1.29. The molecular formula is C22H15F5N4O. The number of nitrogens with zero attached hydrogens (tertiary/aromatic N) is 3. The number of aromatic nitrogens is 1. The molecular weight excluding hydrogens is 431 g/mol. The van der Waals surface area contributed by atoms with E-state index in [-0.39, 0.29) is 17.1 Å². The van der Waals surface area contributed by atoms with Crippen LogP contribution in [0.3, 0.4) is 0 Å². The number of guanidine groups is 1. The van der Waals surface area contributed by atoms with Gasteiger partial charge in [0.1, 0.15) is 17.3 Å². The molecule has 2 N–H and O–H groups in total. The average Bonchev–Trinajstić information content (AvgIpc) is 2.99. The molecule has 5 nitrogen and oxygen atoms in total. The molecule has 1 aliphatic rings. The van der Waals surface area contributed by atoms with Crippen molar-refractivity contribution in [2.75, 3.05) is 7.05 Å². The molecule has 164 valence electrons. The number of pyridine rings is 1. The van der Waals surface area contributed by atoms with E-state index in [9.17, 15) is 22.4 Å². The Morgan fingerprint density at radius 1 is 0.969 bits per heavy atom. The van der Waals surface area contributed by atoms with Crippen LogP contribution < -0.4 is 5.73 Å². The van der Waals surface area contributed by atoms with Gasteiger partial charge in [-0.2, -0.15) is 13.2 Å². The van der Waals surface area contributed by atoms with Crippen LogP contribution in [0.5, 0.6) is 0 Å². The average molecular weight is 446 g/mol. The highest BCUT2D eigenvalue weighted by atomic mass is 19.4. The highest BCUT2D eigenvalue weighted by Gasteiger charge is 2.52. The molecule has 1 aliphatic heterocycles. The second-order valence-corrected chi connectivity index (χ2v) is 7.17. The molecule has 0 aliphatic carbocycles. The van der Waals surface area contributed by atoms with Crippen LogP contribution in [0.15, 0.2) is 65.8 Å². The molecule has 1 atom stereocenters. The fraction of sp³-hybridized carbons (Fsp3) is 0.136. The lowest BCUT2D eigenvalue weighted by molar-refractivity contribution is -0.141. The van der Waals surface area contributed by atoms with Gasteiger partial charge >= 0.3 is 6.18 Å². The Hall–Kier alpha value is -3.82. The van der Waals surface area contributed by atoms with Gasteiger partial charge in [0.25, 0.3) is 5.91 Å². The summed E-state index contributed by atoms with van der Waals surface area (Å²) < 4.78 is 68.3. The molecule has 0 bridgehead atoms. The van der Waals surface area contributed by atoms with Crippen molar-refractivity contribution in [3.05, 3.63) is 89.2 Å². The molecule has 0 radical (unpaired) electrons. The van der Waals surface area contributed by atoms with Crippen molar-refractivity contribution in [1.82, 2.24) is 9.88 Å². The van der Waals surface area contributed by atoms with E-state index in [1.165, 1.54) is 43.4 Å². The number of likely N-dealkylation sites (N-methyl/N-ethyl adjacent to an activating group) is 1. The van der Waals surface area contributed by atoms with Gasteiger partial charge in [0.2, 0.25) is 0 Å².